The standard InChI is InChI=1S/C26H26N6/c1-19-8-10-22(11-9-19)24-18-26(28-20(2)27-24)32-16-14-31(15-17-32)25-13-12-23(29-30-25)21-6-4-3-5-7-21/h3-13,18H,14-17H2,1-2H3. The van der Waals surface area contributed by atoms with Crippen LogP contribution >= 0.6 is 0 Å². The molecule has 0 unspecified atom stereocenters. The zero-order valence-electron chi connectivity index (χ0n) is 18.4. The monoisotopic (exact) mass is 422 g/mol. The van der Waals surface area contributed by atoms with Gasteiger partial charge >= 0.3 is 0 Å². The SMILES string of the molecule is Cc1ccc(-c2cc(N3CCN(c4ccc(-c5ccccc5)nn4)CC3)nc(C)n2)cc1. The molecule has 6 heteroatoms. The van der Waals surface area contributed by atoms with Gasteiger partial charge in [0.25, 0.3) is 0 Å². The van der Waals surface area contributed by atoms with Gasteiger partial charge in [-0.25, -0.2) is 9.97 Å². The molecule has 2 aromatic carbocycles. The second-order valence-electron chi connectivity index (χ2n) is 8.14. The third-order valence-electron chi connectivity index (χ3n) is 5.82. The second kappa shape index (κ2) is 8.75. The molecule has 1 saturated heterocycles. The number of benzene rings is 2. The maximum atomic E-state index is 4.71. The van der Waals surface area contributed by atoms with Crippen molar-refractivity contribution in [2.45, 2.75) is 13.8 Å². The predicted octanol–water partition coefficient (Wildman–Crippen LogP) is 4.54. The zero-order chi connectivity index (χ0) is 21.9. The van der Waals surface area contributed by atoms with E-state index in [4.69, 9.17) is 4.98 Å². The van der Waals surface area contributed by atoms with E-state index in [1.54, 1.807) is 0 Å². The molecule has 5 rings (SSSR count). The van der Waals surface area contributed by atoms with E-state index in [-0.39, 0.29) is 0 Å². The fourth-order valence-corrected chi connectivity index (χ4v) is 4.01. The molecule has 0 spiro atoms. The maximum absolute atomic E-state index is 4.71. The van der Waals surface area contributed by atoms with E-state index in [0.717, 1.165) is 66.2 Å². The molecule has 2 aromatic heterocycles. The highest BCUT2D eigenvalue weighted by Crippen LogP contribution is 2.24. The number of hydrogen-bond acceptors (Lipinski definition) is 6. The largest absolute Gasteiger partial charge is 0.353 e. The summed E-state index contributed by atoms with van der Waals surface area (Å²) in [6.07, 6.45) is 0. The summed E-state index contributed by atoms with van der Waals surface area (Å²) in [5, 5.41) is 8.92. The summed E-state index contributed by atoms with van der Waals surface area (Å²) >= 11 is 0. The normalized spacial score (nSPS) is 13.9. The Morgan fingerprint density at radius 2 is 1.25 bits per heavy atom. The highest BCUT2D eigenvalue weighted by Gasteiger charge is 2.20. The van der Waals surface area contributed by atoms with E-state index < -0.39 is 0 Å². The third-order valence-corrected chi connectivity index (χ3v) is 5.82. The van der Waals surface area contributed by atoms with Crippen molar-refractivity contribution in [1.29, 1.82) is 0 Å². The molecule has 160 valence electrons. The van der Waals surface area contributed by atoms with Gasteiger partial charge in [-0.2, -0.15) is 0 Å². The molecule has 0 atom stereocenters. The van der Waals surface area contributed by atoms with Crippen molar-refractivity contribution in [2.24, 2.45) is 0 Å². The summed E-state index contributed by atoms with van der Waals surface area (Å²) in [4.78, 5) is 14.0. The molecule has 1 aliphatic heterocycles. The van der Waals surface area contributed by atoms with Gasteiger partial charge in [0.2, 0.25) is 0 Å². The molecule has 1 fully saturated rings. The fraction of sp³-hybridized carbons (Fsp3) is 0.231. The van der Waals surface area contributed by atoms with Crippen LogP contribution in [0.2, 0.25) is 0 Å². The van der Waals surface area contributed by atoms with Gasteiger partial charge in [0.05, 0.1) is 11.4 Å². The molecule has 0 saturated carbocycles. The lowest BCUT2D eigenvalue weighted by Gasteiger charge is -2.36. The first-order valence-electron chi connectivity index (χ1n) is 11.0. The van der Waals surface area contributed by atoms with Crippen LogP contribution in [0.4, 0.5) is 11.6 Å². The van der Waals surface area contributed by atoms with Crippen LogP contribution in [0.1, 0.15) is 11.4 Å². The van der Waals surface area contributed by atoms with Gasteiger partial charge in [0.1, 0.15) is 11.6 Å². The highest BCUT2D eigenvalue weighted by atomic mass is 15.3. The van der Waals surface area contributed by atoms with Gasteiger partial charge in [0.15, 0.2) is 5.82 Å². The smallest absolute Gasteiger partial charge is 0.151 e. The van der Waals surface area contributed by atoms with Crippen molar-refractivity contribution < 1.29 is 0 Å². The third kappa shape index (κ3) is 4.30. The Kier molecular flexibility index (Phi) is 5.50. The van der Waals surface area contributed by atoms with Gasteiger partial charge in [-0.3, -0.25) is 0 Å². The Morgan fingerprint density at radius 1 is 0.594 bits per heavy atom. The average Bonchev–Trinajstić information content (AvgIpc) is 2.85. The highest BCUT2D eigenvalue weighted by molar-refractivity contribution is 5.64. The van der Waals surface area contributed by atoms with Crippen molar-refractivity contribution in [2.75, 3.05) is 36.0 Å². The molecular formula is C26H26N6. The average molecular weight is 423 g/mol. The molecule has 3 heterocycles. The molecule has 0 N–H and O–H groups in total. The van der Waals surface area contributed by atoms with Crippen LogP contribution in [-0.4, -0.2) is 46.3 Å². The second-order valence-corrected chi connectivity index (χ2v) is 8.14. The summed E-state index contributed by atoms with van der Waals surface area (Å²) in [6, 6.07) is 24.8. The van der Waals surface area contributed by atoms with Crippen molar-refractivity contribution in [3.8, 4) is 22.5 Å². The van der Waals surface area contributed by atoms with E-state index in [1.807, 2.05) is 31.2 Å². The first-order chi connectivity index (χ1) is 15.7. The van der Waals surface area contributed by atoms with Gasteiger partial charge in [-0.1, -0.05) is 60.2 Å². The Labute approximate surface area is 188 Å². The van der Waals surface area contributed by atoms with E-state index in [1.165, 1.54) is 5.56 Å². The minimum atomic E-state index is 0.794. The number of anilines is 2. The first kappa shape index (κ1) is 20.1. The molecule has 6 nitrogen and oxygen atoms in total. The number of aromatic nitrogens is 4. The molecule has 0 bridgehead atoms. The molecule has 0 aliphatic carbocycles. The van der Waals surface area contributed by atoms with Crippen molar-refractivity contribution >= 4 is 11.6 Å². The van der Waals surface area contributed by atoms with Crippen LogP contribution in [0.3, 0.4) is 0 Å². The minimum absolute atomic E-state index is 0.794. The fourth-order valence-electron chi connectivity index (χ4n) is 4.01. The van der Waals surface area contributed by atoms with Crippen LogP contribution in [0, 0.1) is 13.8 Å². The van der Waals surface area contributed by atoms with E-state index in [2.05, 4.69) is 80.4 Å². The van der Waals surface area contributed by atoms with Gasteiger partial charge < -0.3 is 9.80 Å². The molecule has 32 heavy (non-hydrogen) atoms. The maximum Gasteiger partial charge on any atom is 0.151 e. The van der Waals surface area contributed by atoms with E-state index >= 15 is 0 Å². The van der Waals surface area contributed by atoms with Crippen LogP contribution in [0.5, 0.6) is 0 Å². The Morgan fingerprint density at radius 3 is 1.91 bits per heavy atom. The van der Waals surface area contributed by atoms with E-state index in [9.17, 15) is 0 Å². The van der Waals surface area contributed by atoms with Crippen LogP contribution in [0.25, 0.3) is 22.5 Å². The molecule has 4 aromatic rings. The van der Waals surface area contributed by atoms with Crippen molar-refractivity contribution in [3.05, 3.63) is 84.2 Å². The molecule has 0 amide bonds. The zero-order valence-corrected chi connectivity index (χ0v) is 18.4. The summed E-state index contributed by atoms with van der Waals surface area (Å²) in [7, 11) is 0. The minimum Gasteiger partial charge on any atom is -0.353 e. The summed E-state index contributed by atoms with van der Waals surface area (Å²) in [6.45, 7) is 7.57. The van der Waals surface area contributed by atoms with Crippen molar-refractivity contribution in [3.63, 3.8) is 0 Å². The van der Waals surface area contributed by atoms with Gasteiger partial charge in [-0.15, -0.1) is 10.2 Å². The number of hydrogen-bond donors (Lipinski definition) is 0. The molecular weight excluding hydrogens is 396 g/mol. The molecule has 0 radical (unpaired) electrons. The lowest BCUT2D eigenvalue weighted by molar-refractivity contribution is 0.637. The summed E-state index contributed by atoms with van der Waals surface area (Å²) in [5.41, 5.74) is 5.32. The summed E-state index contributed by atoms with van der Waals surface area (Å²) < 4.78 is 0. The van der Waals surface area contributed by atoms with Crippen molar-refractivity contribution in [1.82, 2.24) is 20.2 Å². The van der Waals surface area contributed by atoms with Crippen LogP contribution < -0.4 is 9.80 Å². The van der Waals surface area contributed by atoms with Gasteiger partial charge in [-0.05, 0) is 26.0 Å². The quantitative estimate of drug-likeness (QED) is 0.481. The Balaban J connectivity index is 1.28. The lowest BCUT2D eigenvalue weighted by atomic mass is 10.1. The number of rotatable bonds is 4. The molecule has 1 aliphatic rings. The van der Waals surface area contributed by atoms with Crippen LogP contribution in [0.15, 0.2) is 72.8 Å². The number of aryl methyl sites for hydroxylation is 2. The lowest BCUT2D eigenvalue weighted by Crippen LogP contribution is -2.47. The van der Waals surface area contributed by atoms with E-state index in [0.29, 0.717) is 0 Å². The number of nitrogens with zero attached hydrogens (tertiary/aromatic N) is 6. The summed E-state index contributed by atoms with van der Waals surface area (Å²) in [5.74, 6) is 2.70. The Bertz CT molecular complexity index is 1180. The van der Waals surface area contributed by atoms with Gasteiger partial charge in [0, 0.05) is 43.4 Å². The van der Waals surface area contributed by atoms with Crippen LogP contribution in [-0.2, 0) is 0 Å². The first-order valence-corrected chi connectivity index (χ1v) is 11.0. The Hall–Kier alpha value is -3.80. The topological polar surface area (TPSA) is 58.0 Å². The number of piperazine rings is 1. The predicted molar refractivity (Wildman–Crippen MR) is 129 cm³/mol.